The first-order chi connectivity index (χ1) is 10.2. The average Bonchev–Trinajstić information content (AvgIpc) is 2.49. The molecule has 118 valence electrons. The molecule has 2 rings (SSSR count). The Labute approximate surface area is 128 Å². The summed E-state index contributed by atoms with van der Waals surface area (Å²) in [6.45, 7) is 7.91. The number of nitrogens with one attached hydrogen (secondary N) is 1. The van der Waals surface area contributed by atoms with Gasteiger partial charge in [-0.3, -0.25) is 0 Å². The second-order valence-corrected chi connectivity index (χ2v) is 5.77. The van der Waals surface area contributed by atoms with Crippen LogP contribution in [0.1, 0.15) is 38.9 Å². The topological polar surface area (TPSA) is 50.3 Å². The van der Waals surface area contributed by atoms with Gasteiger partial charge in [0, 0.05) is 39.2 Å². The molecule has 2 heterocycles. The van der Waals surface area contributed by atoms with Crippen molar-refractivity contribution >= 4 is 11.6 Å². The molecule has 0 radical (unpaired) electrons. The fourth-order valence-electron chi connectivity index (χ4n) is 2.72. The van der Waals surface area contributed by atoms with Crippen LogP contribution in [0.5, 0.6) is 0 Å². The lowest BCUT2D eigenvalue weighted by Crippen LogP contribution is -2.31. The van der Waals surface area contributed by atoms with Crippen molar-refractivity contribution < 1.29 is 4.74 Å². The number of hydrogen-bond acceptors (Lipinski definition) is 5. The Morgan fingerprint density at radius 3 is 2.90 bits per heavy atom. The van der Waals surface area contributed by atoms with Crippen LogP contribution in [0.15, 0.2) is 6.07 Å². The largest absolute Gasteiger partial charge is 0.381 e. The minimum atomic E-state index is 0.607. The van der Waals surface area contributed by atoms with E-state index in [9.17, 15) is 0 Å². The van der Waals surface area contributed by atoms with Gasteiger partial charge in [-0.1, -0.05) is 6.92 Å². The Hall–Kier alpha value is -1.36. The van der Waals surface area contributed by atoms with Crippen molar-refractivity contribution in [3.05, 3.63) is 11.9 Å². The molecule has 1 aromatic rings. The highest BCUT2D eigenvalue weighted by molar-refractivity contribution is 5.49. The first-order valence-corrected chi connectivity index (χ1v) is 8.13. The van der Waals surface area contributed by atoms with Crippen molar-refractivity contribution in [3.63, 3.8) is 0 Å². The number of nitrogens with zero attached hydrogens (tertiary/aromatic N) is 3. The zero-order chi connectivity index (χ0) is 15.1. The van der Waals surface area contributed by atoms with Crippen molar-refractivity contribution in [3.8, 4) is 0 Å². The van der Waals surface area contributed by atoms with E-state index in [1.54, 1.807) is 0 Å². The minimum Gasteiger partial charge on any atom is -0.381 e. The molecule has 0 saturated carbocycles. The van der Waals surface area contributed by atoms with Gasteiger partial charge in [0.05, 0.1) is 6.61 Å². The van der Waals surface area contributed by atoms with E-state index in [4.69, 9.17) is 9.72 Å². The summed E-state index contributed by atoms with van der Waals surface area (Å²) < 4.78 is 5.57. The van der Waals surface area contributed by atoms with Gasteiger partial charge in [-0.15, -0.1) is 0 Å². The number of anilines is 2. The second-order valence-electron chi connectivity index (χ2n) is 5.77. The SMILES string of the molecule is CCCc1nc(NCC)cc(N(C)CC2CCCOC2)n1. The number of hydrogen-bond donors (Lipinski definition) is 1. The molecule has 0 spiro atoms. The van der Waals surface area contributed by atoms with E-state index in [0.717, 1.165) is 56.6 Å². The lowest BCUT2D eigenvalue weighted by molar-refractivity contribution is 0.0576. The van der Waals surface area contributed by atoms with Crippen LogP contribution >= 0.6 is 0 Å². The molecule has 1 atom stereocenters. The van der Waals surface area contributed by atoms with Crippen molar-refractivity contribution in [2.45, 2.75) is 39.5 Å². The van der Waals surface area contributed by atoms with Gasteiger partial charge >= 0.3 is 0 Å². The smallest absolute Gasteiger partial charge is 0.134 e. The maximum atomic E-state index is 5.57. The standard InChI is InChI=1S/C16H28N4O/c1-4-7-14-18-15(17-5-2)10-16(19-14)20(3)11-13-8-6-9-21-12-13/h10,13H,4-9,11-12H2,1-3H3,(H,17,18,19). The third-order valence-electron chi connectivity index (χ3n) is 3.77. The van der Waals surface area contributed by atoms with Gasteiger partial charge in [0.2, 0.25) is 0 Å². The van der Waals surface area contributed by atoms with Gasteiger partial charge in [-0.05, 0) is 32.1 Å². The summed E-state index contributed by atoms with van der Waals surface area (Å²) in [6.07, 6.45) is 4.41. The first-order valence-electron chi connectivity index (χ1n) is 8.13. The van der Waals surface area contributed by atoms with Crippen LogP contribution in [0.3, 0.4) is 0 Å². The van der Waals surface area contributed by atoms with Crippen LogP contribution in [0.4, 0.5) is 11.6 Å². The van der Waals surface area contributed by atoms with Crippen molar-refractivity contribution in [1.29, 1.82) is 0 Å². The molecular weight excluding hydrogens is 264 g/mol. The Morgan fingerprint density at radius 1 is 1.38 bits per heavy atom. The maximum Gasteiger partial charge on any atom is 0.134 e. The van der Waals surface area contributed by atoms with E-state index < -0.39 is 0 Å². The van der Waals surface area contributed by atoms with Gasteiger partial charge in [0.1, 0.15) is 17.5 Å². The second kappa shape index (κ2) is 8.17. The van der Waals surface area contributed by atoms with E-state index in [1.165, 1.54) is 12.8 Å². The summed E-state index contributed by atoms with van der Waals surface area (Å²) in [5, 5.41) is 3.30. The number of rotatable bonds is 7. The van der Waals surface area contributed by atoms with E-state index in [-0.39, 0.29) is 0 Å². The number of aromatic nitrogens is 2. The summed E-state index contributed by atoms with van der Waals surface area (Å²) in [5.41, 5.74) is 0. The average molecular weight is 292 g/mol. The van der Waals surface area contributed by atoms with Gasteiger partial charge in [0.15, 0.2) is 0 Å². The monoisotopic (exact) mass is 292 g/mol. The highest BCUT2D eigenvalue weighted by atomic mass is 16.5. The quantitative estimate of drug-likeness (QED) is 0.837. The van der Waals surface area contributed by atoms with Crippen LogP contribution < -0.4 is 10.2 Å². The Bertz CT molecular complexity index is 408. The van der Waals surface area contributed by atoms with E-state index in [0.29, 0.717) is 5.92 Å². The number of ether oxygens (including phenoxy) is 1. The molecule has 0 bridgehead atoms. The van der Waals surface area contributed by atoms with Gasteiger partial charge in [-0.25, -0.2) is 9.97 Å². The third kappa shape index (κ3) is 4.84. The van der Waals surface area contributed by atoms with Crippen molar-refractivity contribution in [2.75, 3.05) is 43.6 Å². The Morgan fingerprint density at radius 2 is 2.24 bits per heavy atom. The van der Waals surface area contributed by atoms with Crippen molar-refractivity contribution in [2.24, 2.45) is 5.92 Å². The normalized spacial score (nSPS) is 18.5. The molecule has 21 heavy (non-hydrogen) atoms. The van der Waals surface area contributed by atoms with Crippen LogP contribution in [-0.2, 0) is 11.2 Å². The number of aryl methyl sites for hydroxylation is 1. The molecule has 5 heteroatoms. The lowest BCUT2D eigenvalue weighted by atomic mass is 10.0. The summed E-state index contributed by atoms with van der Waals surface area (Å²) >= 11 is 0. The van der Waals surface area contributed by atoms with E-state index in [2.05, 4.69) is 36.1 Å². The van der Waals surface area contributed by atoms with Crippen LogP contribution in [0, 0.1) is 5.92 Å². The van der Waals surface area contributed by atoms with Crippen molar-refractivity contribution in [1.82, 2.24) is 9.97 Å². The minimum absolute atomic E-state index is 0.607. The summed E-state index contributed by atoms with van der Waals surface area (Å²) in [6, 6.07) is 2.05. The maximum absolute atomic E-state index is 5.57. The molecule has 1 fully saturated rings. The molecule has 5 nitrogen and oxygen atoms in total. The Balaban J connectivity index is 2.08. The molecule has 1 aliphatic rings. The highest BCUT2D eigenvalue weighted by Gasteiger charge is 2.17. The molecule has 1 saturated heterocycles. The van der Waals surface area contributed by atoms with Gasteiger partial charge in [0.25, 0.3) is 0 Å². The molecule has 1 aliphatic heterocycles. The molecule has 1 N–H and O–H groups in total. The molecule has 0 aromatic carbocycles. The third-order valence-corrected chi connectivity index (χ3v) is 3.77. The molecular formula is C16H28N4O. The van der Waals surface area contributed by atoms with Gasteiger partial charge < -0.3 is 15.0 Å². The van der Waals surface area contributed by atoms with Crippen LogP contribution in [-0.4, -0.2) is 43.3 Å². The zero-order valence-corrected chi connectivity index (χ0v) is 13.6. The highest BCUT2D eigenvalue weighted by Crippen LogP contribution is 2.20. The molecule has 1 unspecified atom stereocenters. The molecule has 0 amide bonds. The predicted molar refractivity (Wildman–Crippen MR) is 87.0 cm³/mol. The molecule has 0 aliphatic carbocycles. The fraction of sp³-hybridized carbons (Fsp3) is 0.750. The first kappa shape index (κ1) is 16.0. The summed E-state index contributed by atoms with van der Waals surface area (Å²) in [4.78, 5) is 11.5. The van der Waals surface area contributed by atoms with Gasteiger partial charge in [-0.2, -0.15) is 0 Å². The molecule has 1 aromatic heterocycles. The summed E-state index contributed by atoms with van der Waals surface area (Å²) in [7, 11) is 2.11. The Kier molecular flexibility index (Phi) is 6.23. The van der Waals surface area contributed by atoms with E-state index in [1.807, 2.05) is 6.07 Å². The lowest BCUT2D eigenvalue weighted by Gasteiger charge is -2.28. The van der Waals surface area contributed by atoms with E-state index >= 15 is 0 Å². The summed E-state index contributed by atoms with van der Waals surface area (Å²) in [5.74, 6) is 3.47. The van der Waals surface area contributed by atoms with Crippen LogP contribution in [0.25, 0.3) is 0 Å². The fourth-order valence-corrected chi connectivity index (χ4v) is 2.72. The zero-order valence-electron chi connectivity index (χ0n) is 13.6. The van der Waals surface area contributed by atoms with Crippen LogP contribution in [0.2, 0.25) is 0 Å². The predicted octanol–water partition coefficient (Wildman–Crippen LogP) is 2.72.